The third-order valence-corrected chi connectivity index (χ3v) is 4.40. The van der Waals surface area contributed by atoms with E-state index in [0.29, 0.717) is 6.54 Å². The van der Waals surface area contributed by atoms with Gasteiger partial charge in [0.25, 0.3) is 0 Å². The average molecular weight is 304 g/mol. The van der Waals surface area contributed by atoms with E-state index in [1.165, 1.54) is 19.3 Å². The number of hydrogen-bond donors (Lipinski definition) is 2. The predicted octanol–water partition coefficient (Wildman–Crippen LogP) is 2.82. The van der Waals surface area contributed by atoms with Crippen LogP contribution in [0, 0.1) is 13.8 Å². The number of nitrogens with zero attached hydrogens (tertiary/aromatic N) is 1. The van der Waals surface area contributed by atoms with Crippen molar-refractivity contribution in [1.82, 2.24) is 4.90 Å². The maximum Gasteiger partial charge on any atom is 0.238 e. The number of likely N-dealkylation sites (tertiary alicyclic amines) is 1. The molecule has 1 atom stereocenters. The van der Waals surface area contributed by atoms with E-state index in [-0.39, 0.29) is 18.4 Å². The van der Waals surface area contributed by atoms with Crippen LogP contribution in [0.25, 0.3) is 0 Å². The summed E-state index contributed by atoms with van der Waals surface area (Å²) in [5.41, 5.74) is 4.10. The Labute approximate surface area is 133 Å². The molecular weight excluding hydrogens is 276 g/mol. The lowest BCUT2D eigenvalue weighted by molar-refractivity contribution is -0.117. The number of hydrogen-bond acceptors (Lipinski definition) is 3. The Morgan fingerprint density at radius 1 is 1.27 bits per heavy atom. The lowest BCUT2D eigenvalue weighted by Gasteiger charge is -2.26. The molecule has 22 heavy (non-hydrogen) atoms. The molecule has 2 rings (SSSR count). The summed E-state index contributed by atoms with van der Waals surface area (Å²) >= 11 is 0. The SMILES string of the molecule is Cc1cc(C)c(NC(=O)CN2CCCCC2)c(C(C)CO)c1. The number of anilines is 1. The maximum atomic E-state index is 12.4. The molecule has 0 aliphatic carbocycles. The molecule has 1 aliphatic heterocycles. The second kappa shape index (κ2) is 7.75. The highest BCUT2D eigenvalue weighted by Crippen LogP contribution is 2.29. The number of aliphatic hydroxyl groups is 1. The zero-order chi connectivity index (χ0) is 16.1. The highest BCUT2D eigenvalue weighted by atomic mass is 16.3. The summed E-state index contributed by atoms with van der Waals surface area (Å²) < 4.78 is 0. The highest BCUT2D eigenvalue weighted by molar-refractivity contribution is 5.94. The van der Waals surface area contributed by atoms with Gasteiger partial charge in [-0.1, -0.05) is 31.0 Å². The van der Waals surface area contributed by atoms with E-state index < -0.39 is 0 Å². The Bertz CT molecular complexity index is 522. The van der Waals surface area contributed by atoms with Gasteiger partial charge >= 0.3 is 0 Å². The summed E-state index contributed by atoms with van der Waals surface area (Å²) in [7, 11) is 0. The number of aliphatic hydroxyl groups excluding tert-OH is 1. The summed E-state index contributed by atoms with van der Waals surface area (Å²) in [5, 5.41) is 12.5. The fourth-order valence-electron chi connectivity index (χ4n) is 3.16. The summed E-state index contributed by atoms with van der Waals surface area (Å²) in [6, 6.07) is 4.13. The molecule has 122 valence electrons. The van der Waals surface area contributed by atoms with E-state index in [4.69, 9.17) is 0 Å². The molecule has 1 fully saturated rings. The van der Waals surface area contributed by atoms with Crippen molar-refractivity contribution in [2.24, 2.45) is 0 Å². The van der Waals surface area contributed by atoms with Crippen molar-refractivity contribution in [2.75, 3.05) is 31.6 Å². The fraction of sp³-hybridized carbons (Fsp3) is 0.611. The zero-order valence-corrected chi connectivity index (χ0v) is 14.0. The van der Waals surface area contributed by atoms with Crippen LogP contribution in [0.3, 0.4) is 0 Å². The lowest BCUT2D eigenvalue weighted by Crippen LogP contribution is -2.37. The molecule has 1 aromatic carbocycles. The van der Waals surface area contributed by atoms with Gasteiger partial charge in [0.15, 0.2) is 0 Å². The number of carbonyl (C=O) groups excluding carboxylic acids is 1. The van der Waals surface area contributed by atoms with Crippen molar-refractivity contribution in [3.8, 4) is 0 Å². The van der Waals surface area contributed by atoms with Crippen molar-refractivity contribution in [2.45, 2.75) is 46.0 Å². The van der Waals surface area contributed by atoms with Crippen molar-refractivity contribution in [3.63, 3.8) is 0 Å². The molecule has 1 aromatic rings. The molecule has 1 unspecified atom stereocenters. The van der Waals surface area contributed by atoms with Crippen LogP contribution in [0.15, 0.2) is 12.1 Å². The van der Waals surface area contributed by atoms with E-state index in [1.54, 1.807) is 0 Å². The smallest absolute Gasteiger partial charge is 0.238 e. The molecule has 0 saturated carbocycles. The molecule has 2 N–H and O–H groups in total. The Morgan fingerprint density at radius 3 is 2.59 bits per heavy atom. The van der Waals surface area contributed by atoms with Gasteiger partial charge in [-0.05, 0) is 50.9 Å². The number of rotatable bonds is 5. The number of piperidine rings is 1. The molecular formula is C18H28N2O2. The quantitative estimate of drug-likeness (QED) is 0.879. The summed E-state index contributed by atoms with van der Waals surface area (Å²) in [6.07, 6.45) is 3.64. The van der Waals surface area contributed by atoms with E-state index in [0.717, 1.165) is 35.5 Å². The monoisotopic (exact) mass is 304 g/mol. The Hall–Kier alpha value is -1.39. The second-order valence-corrected chi connectivity index (χ2v) is 6.51. The van der Waals surface area contributed by atoms with Gasteiger partial charge in [0.2, 0.25) is 5.91 Å². The van der Waals surface area contributed by atoms with Crippen LogP contribution in [0.1, 0.15) is 48.8 Å². The largest absolute Gasteiger partial charge is 0.396 e. The van der Waals surface area contributed by atoms with Gasteiger partial charge in [-0.15, -0.1) is 0 Å². The lowest BCUT2D eigenvalue weighted by atomic mass is 9.95. The van der Waals surface area contributed by atoms with Gasteiger partial charge in [-0.25, -0.2) is 0 Å². The van der Waals surface area contributed by atoms with E-state index in [9.17, 15) is 9.90 Å². The first-order chi connectivity index (χ1) is 10.5. The Kier molecular flexibility index (Phi) is 5.98. The second-order valence-electron chi connectivity index (χ2n) is 6.51. The average Bonchev–Trinajstić information content (AvgIpc) is 2.50. The molecule has 1 aliphatic rings. The van der Waals surface area contributed by atoms with Crippen molar-refractivity contribution >= 4 is 11.6 Å². The van der Waals surface area contributed by atoms with E-state index in [1.807, 2.05) is 20.8 Å². The Morgan fingerprint density at radius 2 is 1.95 bits per heavy atom. The molecule has 4 heteroatoms. The molecule has 0 aromatic heterocycles. The summed E-state index contributed by atoms with van der Waals surface area (Å²) in [5.74, 6) is 0.0594. The number of nitrogens with one attached hydrogen (secondary N) is 1. The first-order valence-corrected chi connectivity index (χ1v) is 8.25. The van der Waals surface area contributed by atoms with Gasteiger partial charge < -0.3 is 10.4 Å². The normalized spacial score (nSPS) is 17.3. The van der Waals surface area contributed by atoms with Crippen molar-refractivity contribution in [3.05, 3.63) is 28.8 Å². The number of aryl methyl sites for hydroxylation is 2. The van der Waals surface area contributed by atoms with Gasteiger partial charge in [0.1, 0.15) is 0 Å². The van der Waals surface area contributed by atoms with Crippen molar-refractivity contribution in [1.29, 1.82) is 0 Å². The van der Waals surface area contributed by atoms with Gasteiger partial charge in [-0.2, -0.15) is 0 Å². The van der Waals surface area contributed by atoms with Gasteiger partial charge in [0, 0.05) is 18.2 Å². The maximum absolute atomic E-state index is 12.4. The van der Waals surface area contributed by atoms with Crippen LogP contribution in [0.5, 0.6) is 0 Å². The molecule has 0 spiro atoms. The fourth-order valence-corrected chi connectivity index (χ4v) is 3.16. The van der Waals surface area contributed by atoms with Crippen LogP contribution < -0.4 is 5.32 Å². The minimum Gasteiger partial charge on any atom is -0.396 e. The molecule has 1 heterocycles. The van der Waals surface area contributed by atoms with Crippen molar-refractivity contribution < 1.29 is 9.90 Å². The number of carbonyl (C=O) groups is 1. The zero-order valence-electron chi connectivity index (χ0n) is 14.0. The summed E-state index contributed by atoms with van der Waals surface area (Å²) in [4.78, 5) is 14.6. The third kappa shape index (κ3) is 4.31. The summed E-state index contributed by atoms with van der Waals surface area (Å²) in [6.45, 7) is 8.60. The van der Waals surface area contributed by atoms with Crippen LogP contribution in [-0.2, 0) is 4.79 Å². The molecule has 0 radical (unpaired) electrons. The standard InChI is InChI=1S/C18H28N2O2/c1-13-9-14(2)18(16(10-13)15(3)12-21)19-17(22)11-20-7-5-4-6-8-20/h9-10,15,21H,4-8,11-12H2,1-3H3,(H,19,22). The highest BCUT2D eigenvalue weighted by Gasteiger charge is 2.18. The minimum absolute atomic E-state index is 0.0175. The van der Waals surface area contributed by atoms with Crippen LogP contribution in [0.2, 0.25) is 0 Å². The Balaban J connectivity index is 2.12. The number of amides is 1. The first-order valence-electron chi connectivity index (χ1n) is 8.25. The molecule has 1 saturated heterocycles. The number of benzene rings is 1. The van der Waals surface area contributed by atoms with Gasteiger partial charge in [-0.3, -0.25) is 9.69 Å². The third-order valence-electron chi connectivity index (χ3n) is 4.40. The van der Waals surface area contributed by atoms with Crippen LogP contribution in [0.4, 0.5) is 5.69 Å². The molecule has 0 bridgehead atoms. The topological polar surface area (TPSA) is 52.6 Å². The van der Waals surface area contributed by atoms with E-state index >= 15 is 0 Å². The predicted molar refractivity (Wildman–Crippen MR) is 90.3 cm³/mol. The van der Waals surface area contributed by atoms with Crippen LogP contribution in [-0.4, -0.2) is 42.2 Å². The minimum atomic E-state index is 0.0175. The van der Waals surface area contributed by atoms with Gasteiger partial charge in [0.05, 0.1) is 6.54 Å². The van der Waals surface area contributed by atoms with E-state index in [2.05, 4.69) is 22.3 Å². The first kappa shape index (κ1) is 17.0. The molecule has 1 amide bonds. The molecule has 4 nitrogen and oxygen atoms in total. The van der Waals surface area contributed by atoms with Crippen LogP contribution >= 0.6 is 0 Å².